The van der Waals surface area contributed by atoms with Crippen LogP contribution in [0.1, 0.15) is 15.4 Å². The van der Waals surface area contributed by atoms with Gasteiger partial charge in [0.05, 0.1) is 18.6 Å². The highest BCUT2D eigenvalue weighted by atomic mass is 32.1. The summed E-state index contributed by atoms with van der Waals surface area (Å²) >= 11 is 1.69. The molecule has 6 nitrogen and oxygen atoms in total. The highest BCUT2D eigenvalue weighted by Gasteiger charge is 2.06. The summed E-state index contributed by atoms with van der Waals surface area (Å²) in [5, 5.41) is 7.69. The molecule has 0 bridgehead atoms. The molecule has 0 aliphatic carbocycles. The second kappa shape index (κ2) is 7.74. The second-order valence-corrected chi connectivity index (χ2v) is 6.56. The summed E-state index contributed by atoms with van der Waals surface area (Å²) in [7, 11) is 1.77. The molecule has 0 unspecified atom stereocenters. The smallest absolute Gasteiger partial charge is 0.191 e. The second-order valence-electron chi connectivity index (χ2n) is 5.24. The number of guanidine groups is 1. The third kappa shape index (κ3) is 3.99. The van der Waals surface area contributed by atoms with Gasteiger partial charge in [-0.3, -0.25) is 4.99 Å². The van der Waals surface area contributed by atoms with Gasteiger partial charge in [-0.25, -0.2) is 9.97 Å². The van der Waals surface area contributed by atoms with E-state index in [0.717, 1.165) is 16.7 Å². The Morgan fingerprint density at radius 3 is 2.79 bits per heavy atom. The quantitative estimate of drug-likeness (QED) is 0.553. The maximum absolute atomic E-state index is 4.35. The lowest BCUT2D eigenvalue weighted by molar-refractivity contribution is 0.800. The minimum absolute atomic E-state index is 0.668. The number of nitrogens with one attached hydrogen (secondary N) is 2. The summed E-state index contributed by atoms with van der Waals surface area (Å²) < 4.78 is 2.01. The lowest BCUT2D eigenvalue weighted by atomic mass is 10.1. The average molecular weight is 340 g/mol. The summed E-state index contributed by atoms with van der Waals surface area (Å²) in [6, 6.07) is 8.23. The first-order chi connectivity index (χ1) is 11.8. The van der Waals surface area contributed by atoms with Crippen molar-refractivity contribution in [3.8, 4) is 5.69 Å². The summed E-state index contributed by atoms with van der Waals surface area (Å²) in [6.07, 6.45) is 7.41. The number of aryl methyl sites for hydroxylation is 1. The van der Waals surface area contributed by atoms with Crippen molar-refractivity contribution in [2.24, 2.45) is 4.99 Å². The first-order valence-electron chi connectivity index (χ1n) is 7.68. The van der Waals surface area contributed by atoms with E-state index in [2.05, 4.69) is 44.7 Å². The molecule has 0 aliphatic heterocycles. The van der Waals surface area contributed by atoms with Crippen molar-refractivity contribution < 1.29 is 0 Å². The van der Waals surface area contributed by atoms with Crippen molar-refractivity contribution in [2.45, 2.75) is 20.0 Å². The molecule has 2 aromatic heterocycles. The molecule has 0 aliphatic rings. The molecule has 1 aromatic carbocycles. The highest BCUT2D eigenvalue weighted by Crippen LogP contribution is 2.14. The van der Waals surface area contributed by atoms with Gasteiger partial charge >= 0.3 is 0 Å². The maximum Gasteiger partial charge on any atom is 0.191 e. The zero-order valence-electron chi connectivity index (χ0n) is 13.7. The molecule has 0 amide bonds. The third-order valence-electron chi connectivity index (χ3n) is 3.52. The SMILES string of the molecule is CN=C(NCc1ncc(C)s1)NCc1ccccc1-n1ccnc1. The summed E-state index contributed by atoms with van der Waals surface area (Å²) in [5.74, 6) is 0.753. The molecule has 0 radical (unpaired) electrons. The highest BCUT2D eigenvalue weighted by molar-refractivity contribution is 7.11. The van der Waals surface area contributed by atoms with Crippen molar-refractivity contribution in [1.29, 1.82) is 0 Å². The fourth-order valence-electron chi connectivity index (χ4n) is 2.36. The Bertz CT molecular complexity index is 806. The zero-order chi connectivity index (χ0) is 16.8. The molecular formula is C17H20N6S. The number of rotatable bonds is 5. The Morgan fingerprint density at radius 2 is 2.08 bits per heavy atom. The number of aromatic nitrogens is 3. The number of hydrogen-bond donors (Lipinski definition) is 2. The normalized spacial score (nSPS) is 11.5. The number of hydrogen-bond acceptors (Lipinski definition) is 4. The number of para-hydroxylation sites is 1. The van der Waals surface area contributed by atoms with E-state index in [4.69, 9.17) is 0 Å². The predicted molar refractivity (Wildman–Crippen MR) is 97.5 cm³/mol. The first kappa shape index (κ1) is 16.2. The average Bonchev–Trinajstić information content (AvgIpc) is 3.27. The van der Waals surface area contributed by atoms with E-state index in [9.17, 15) is 0 Å². The third-order valence-corrected chi connectivity index (χ3v) is 4.43. The molecule has 0 atom stereocenters. The standard InChI is InChI=1S/C17H20N6S/c1-13-9-20-16(24-13)11-22-17(18-2)21-10-14-5-3-4-6-15(14)23-8-7-19-12-23/h3-9,12H,10-11H2,1-2H3,(H2,18,21,22). The number of imidazole rings is 1. The molecule has 0 saturated carbocycles. The van der Waals surface area contributed by atoms with E-state index in [1.165, 1.54) is 10.4 Å². The van der Waals surface area contributed by atoms with Crippen LogP contribution in [0.4, 0.5) is 0 Å². The van der Waals surface area contributed by atoms with Crippen molar-refractivity contribution >= 4 is 17.3 Å². The minimum Gasteiger partial charge on any atom is -0.352 e. The van der Waals surface area contributed by atoms with Gasteiger partial charge in [0.15, 0.2) is 5.96 Å². The van der Waals surface area contributed by atoms with E-state index in [1.807, 2.05) is 29.1 Å². The lowest BCUT2D eigenvalue weighted by Crippen LogP contribution is -2.36. The topological polar surface area (TPSA) is 67.1 Å². The van der Waals surface area contributed by atoms with Crippen LogP contribution in [0.2, 0.25) is 0 Å². The number of aliphatic imine (C=N–C) groups is 1. The Kier molecular flexibility index (Phi) is 5.22. The molecule has 0 fully saturated rings. The molecule has 2 N–H and O–H groups in total. The van der Waals surface area contributed by atoms with E-state index < -0.39 is 0 Å². The molecule has 3 rings (SSSR count). The van der Waals surface area contributed by atoms with Gasteiger partial charge in [-0.1, -0.05) is 18.2 Å². The fraction of sp³-hybridized carbons (Fsp3) is 0.235. The summed E-state index contributed by atoms with van der Waals surface area (Å²) in [4.78, 5) is 13.9. The van der Waals surface area contributed by atoms with Crippen molar-refractivity contribution in [3.63, 3.8) is 0 Å². The van der Waals surface area contributed by atoms with Crippen LogP contribution in [-0.2, 0) is 13.1 Å². The van der Waals surface area contributed by atoms with E-state index >= 15 is 0 Å². The van der Waals surface area contributed by atoms with Crippen LogP contribution in [0, 0.1) is 6.92 Å². The molecule has 24 heavy (non-hydrogen) atoms. The van der Waals surface area contributed by atoms with Gasteiger partial charge in [-0.15, -0.1) is 11.3 Å². The monoisotopic (exact) mass is 340 g/mol. The zero-order valence-corrected chi connectivity index (χ0v) is 14.5. The molecule has 0 saturated heterocycles. The molecular weight excluding hydrogens is 320 g/mol. The molecule has 0 spiro atoms. The minimum atomic E-state index is 0.668. The van der Waals surface area contributed by atoms with Gasteiger partial charge in [0.2, 0.25) is 0 Å². The van der Waals surface area contributed by atoms with Gasteiger partial charge in [-0.2, -0.15) is 0 Å². The van der Waals surface area contributed by atoms with Crippen molar-refractivity contribution in [3.05, 3.63) is 64.6 Å². The number of benzene rings is 1. The van der Waals surface area contributed by atoms with E-state index in [-0.39, 0.29) is 0 Å². The van der Waals surface area contributed by atoms with Gasteiger partial charge in [0.1, 0.15) is 5.01 Å². The van der Waals surface area contributed by atoms with Gasteiger partial charge in [-0.05, 0) is 18.6 Å². The van der Waals surface area contributed by atoms with E-state index in [1.54, 1.807) is 30.9 Å². The Morgan fingerprint density at radius 1 is 1.25 bits per heavy atom. The Balaban J connectivity index is 1.62. The van der Waals surface area contributed by atoms with Crippen LogP contribution in [0.5, 0.6) is 0 Å². The number of nitrogens with zero attached hydrogens (tertiary/aromatic N) is 4. The Hall–Kier alpha value is -2.67. The van der Waals surface area contributed by atoms with Gasteiger partial charge in [0.25, 0.3) is 0 Å². The van der Waals surface area contributed by atoms with Crippen LogP contribution in [-0.4, -0.2) is 27.5 Å². The largest absolute Gasteiger partial charge is 0.352 e. The van der Waals surface area contributed by atoms with Crippen LogP contribution < -0.4 is 10.6 Å². The van der Waals surface area contributed by atoms with Crippen LogP contribution in [0.15, 0.2) is 54.2 Å². The van der Waals surface area contributed by atoms with Crippen LogP contribution in [0.25, 0.3) is 5.69 Å². The molecule has 2 heterocycles. The molecule has 124 valence electrons. The lowest BCUT2D eigenvalue weighted by Gasteiger charge is -2.14. The van der Waals surface area contributed by atoms with Crippen molar-refractivity contribution in [1.82, 2.24) is 25.2 Å². The maximum atomic E-state index is 4.35. The predicted octanol–water partition coefficient (Wildman–Crippen LogP) is 2.50. The molecule has 3 aromatic rings. The van der Waals surface area contributed by atoms with Gasteiger partial charge < -0.3 is 15.2 Å². The molecule has 7 heteroatoms. The summed E-state index contributed by atoms with van der Waals surface area (Å²) in [5.41, 5.74) is 2.28. The van der Waals surface area contributed by atoms with Crippen molar-refractivity contribution in [2.75, 3.05) is 7.05 Å². The van der Waals surface area contributed by atoms with Gasteiger partial charge in [0, 0.05) is 37.1 Å². The summed E-state index contributed by atoms with van der Waals surface area (Å²) in [6.45, 7) is 3.40. The van der Waals surface area contributed by atoms with Crippen LogP contribution >= 0.6 is 11.3 Å². The first-order valence-corrected chi connectivity index (χ1v) is 8.50. The van der Waals surface area contributed by atoms with E-state index in [0.29, 0.717) is 13.1 Å². The fourth-order valence-corrected chi connectivity index (χ4v) is 3.08. The van der Waals surface area contributed by atoms with Crippen LogP contribution in [0.3, 0.4) is 0 Å². The number of thiazole rings is 1. The Labute approximate surface area is 145 Å².